The number of nitrogens with zero attached hydrogens (tertiary/aromatic N) is 2. The summed E-state index contributed by atoms with van der Waals surface area (Å²) in [6.45, 7) is 5.13. The van der Waals surface area contributed by atoms with Gasteiger partial charge in [-0.25, -0.2) is 4.98 Å². The van der Waals surface area contributed by atoms with Gasteiger partial charge in [-0.2, -0.15) is 0 Å². The average molecular weight is 244 g/mol. The van der Waals surface area contributed by atoms with Gasteiger partial charge in [0.2, 0.25) is 0 Å². The second kappa shape index (κ2) is 5.80. The highest BCUT2D eigenvalue weighted by atomic mass is 15.2. The van der Waals surface area contributed by atoms with Gasteiger partial charge in [0.15, 0.2) is 0 Å². The van der Waals surface area contributed by atoms with Crippen molar-refractivity contribution in [1.29, 1.82) is 0 Å². The summed E-state index contributed by atoms with van der Waals surface area (Å²) in [5.74, 6) is 6.72. The van der Waals surface area contributed by atoms with E-state index in [2.05, 4.69) is 53.1 Å². The molecule has 0 spiro atoms. The molecule has 2 rings (SSSR count). The monoisotopic (exact) mass is 244 g/mol. The summed E-state index contributed by atoms with van der Waals surface area (Å²) in [4.78, 5) is 4.39. The number of nitrogens with two attached hydrogens (primary N) is 1. The van der Waals surface area contributed by atoms with E-state index in [0.717, 1.165) is 18.8 Å². The van der Waals surface area contributed by atoms with Crippen molar-refractivity contribution >= 4 is 0 Å². The van der Waals surface area contributed by atoms with Gasteiger partial charge in [-0.15, -0.1) is 0 Å². The van der Waals surface area contributed by atoms with Crippen molar-refractivity contribution in [1.82, 2.24) is 15.0 Å². The van der Waals surface area contributed by atoms with Gasteiger partial charge in [0.05, 0.1) is 6.04 Å². The van der Waals surface area contributed by atoms with Crippen LogP contribution < -0.4 is 11.3 Å². The van der Waals surface area contributed by atoms with Gasteiger partial charge in [-0.05, 0) is 19.4 Å². The van der Waals surface area contributed by atoms with E-state index in [9.17, 15) is 0 Å². The minimum atomic E-state index is 0.0956. The zero-order valence-corrected chi connectivity index (χ0v) is 10.9. The molecular formula is C14H20N4. The molecule has 96 valence electrons. The second-order valence-corrected chi connectivity index (χ2v) is 4.46. The third-order valence-corrected chi connectivity index (χ3v) is 3.21. The molecule has 1 atom stereocenters. The number of hydrazine groups is 1. The number of nitrogens with one attached hydrogen (secondary N) is 1. The standard InChI is InChI=1S/C14H20N4/c1-3-18-9-8-16-14(18)10-13(17-15)12-6-4-11(2)5-7-12/h4-9,13,17H,3,10,15H2,1-2H3. The van der Waals surface area contributed by atoms with Crippen LogP contribution in [0.25, 0.3) is 0 Å². The van der Waals surface area contributed by atoms with Crippen LogP contribution in [0.3, 0.4) is 0 Å². The molecule has 0 aliphatic carbocycles. The van der Waals surface area contributed by atoms with Gasteiger partial charge >= 0.3 is 0 Å². The maximum Gasteiger partial charge on any atom is 0.110 e. The van der Waals surface area contributed by atoms with Crippen LogP contribution in [0.4, 0.5) is 0 Å². The molecule has 0 bridgehead atoms. The molecule has 1 aromatic carbocycles. The second-order valence-electron chi connectivity index (χ2n) is 4.46. The lowest BCUT2D eigenvalue weighted by molar-refractivity contribution is 0.523. The highest BCUT2D eigenvalue weighted by molar-refractivity contribution is 5.24. The number of aryl methyl sites for hydroxylation is 2. The first-order valence-electron chi connectivity index (χ1n) is 6.27. The van der Waals surface area contributed by atoms with Crippen molar-refractivity contribution in [2.24, 2.45) is 5.84 Å². The Balaban J connectivity index is 2.17. The van der Waals surface area contributed by atoms with Crippen LogP contribution in [0, 0.1) is 6.92 Å². The summed E-state index contributed by atoms with van der Waals surface area (Å²) < 4.78 is 2.14. The molecule has 0 saturated carbocycles. The van der Waals surface area contributed by atoms with Gasteiger partial charge in [0.1, 0.15) is 5.82 Å². The Hall–Kier alpha value is -1.65. The minimum Gasteiger partial charge on any atom is -0.335 e. The fourth-order valence-electron chi connectivity index (χ4n) is 2.07. The van der Waals surface area contributed by atoms with Gasteiger partial charge < -0.3 is 4.57 Å². The Morgan fingerprint density at radius 1 is 1.33 bits per heavy atom. The number of hydrogen-bond donors (Lipinski definition) is 2. The lowest BCUT2D eigenvalue weighted by atomic mass is 10.0. The molecule has 0 saturated heterocycles. The zero-order chi connectivity index (χ0) is 13.0. The lowest BCUT2D eigenvalue weighted by Gasteiger charge is -2.16. The topological polar surface area (TPSA) is 55.9 Å². The molecule has 3 N–H and O–H groups in total. The van der Waals surface area contributed by atoms with Crippen molar-refractivity contribution < 1.29 is 0 Å². The lowest BCUT2D eigenvalue weighted by Crippen LogP contribution is -2.30. The Morgan fingerprint density at radius 2 is 2.06 bits per heavy atom. The molecule has 0 aliphatic rings. The molecule has 1 heterocycles. The van der Waals surface area contributed by atoms with Crippen LogP contribution in [0.15, 0.2) is 36.7 Å². The van der Waals surface area contributed by atoms with E-state index in [1.165, 1.54) is 11.1 Å². The van der Waals surface area contributed by atoms with E-state index < -0.39 is 0 Å². The summed E-state index contributed by atoms with van der Waals surface area (Å²) in [5.41, 5.74) is 5.32. The van der Waals surface area contributed by atoms with E-state index in [1.807, 2.05) is 12.4 Å². The Morgan fingerprint density at radius 3 is 2.67 bits per heavy atom. The average Bonchev–Trinajstić information content (AvgIpc) is 2.84. The molecule has 0 amide bonds. The largest absolute Gasteiger partial charge is 0.335 e. The zero-order valence-electron chi connectivity index (χ0n) is 10.9. The van der Waals surface area contributed by atoms with E-state index in [4.69, 9.17) is 5.84 Å². The van der Waals surface area contributed by atoms with Crippen LogP contribution in [-0.4, -0.2) is 9.55 Å². The molecule has 2 aromatic rings. The Bertz CT molecular complexity index is 487. The van der Waals surface area contributed by atoms with Crippen molar-refractivity contribution in [3.05, 3.63) is 53.6 Å². The quantitative estimate of drug-likeness (QED) is 0.624. The van der Waals surface area contributed by atoms with Crippen molar-refractivity contribution in [3.63, 3.8) is 0 Å². The van der Waals surface area contributed by atoms with Gasteiger partial charge in [-0.3, -0.25) is 11.3 Å². The summed E-state index contributed by atoms with van der Waals surface area (Å²) in [6.07, 6.45) is 4.63. The molecule has 4 heteroatoms. The molecule has 0 radical (unpaired) electrons. The molecule has 0 fully saturated rings. The normalized spacial score (nSPS) is 12.6. The van der Waals surface area contributed by atoms with Crippen LogP contribution in [0.2, 0.25) is 0 Å². The fraction of sp³-hybridized carbons (Fsp3) is 0.357. The number of hydrogen-bond acceptors (Lipinski definition) is 3. The first-order valence-corrected chi connectivity index (χ1v) is 6.27. The maximum absolute atomic E-state index is 5.66. The van der Waals surface area contributed by atoms with E-state index in [0.29, 0.717) is 0 Å². The van der Waals surface area contributed by atoms with E-state index in [-0.39, 0.29) is 6.04 Å². The molecule has 4 nitrogen and oxygen atoms in total. The van der Waals surface area contributed by atoms with Gasteiger partial charge in [0.25, 0.3) is 0 Å². The smallest absolute Gasteiger partial charge is 0.110 e. The Kier molecular flexibility index (Phi) is 4.12. The molecular weight excluding hydrogens is 224 g/mol. The molecule has 0 aliphatic heterocycles. The highest BCUT2D eigenvalue weighted by Crippen LogP contribution is 2.17. The maximum atomic E-state index is 5.66. The SMILES string of the molecule is CCn1ccnc1CC(NN)c1ccc(C)cc1. The predicted molar refractivity (Wildman–Crippen MR) is 72.8 cm³/mol. The number of aromatic nitrogens is 2. The van der Waals surface area contributed by atoms with Crippen molar-refractivity contribution in [2.45, 2.75) is 32.9 Å². The van der Waals surface area contributed by atoms with Gasteiger partial charge in [-0.1, -0.05) is 29.8 Å². The van der Waals surface area contributed by atoms with Crippen LogP contribution >= 0.6 is 0 Å². The summed E-state index contributed by atoms with van der Waals surface area (Å²) in [6, 6.07) is 8.52. The van der Waals surface area contributed by atoms with Crippen LogP contribution in [0.5, 0.6) is 0 Å². The van der Waals surface area contributed by atoms with Crippen LogP contribution in [0.1, 0.15) is 29.9 Å². The first-order chi connectivity index (χ1) is 8.74. The summed E-state index contributed by atoms with van der Waals surface area (Å²) in [7, 11) is 0. The first kappa shape index (κ1) is 12.8. The molecule has 1 unspecified atom stereocenters. The van der Waals surface area contributed by atoms with E-state index >= 15 is 0 Å². The number of benzene rings is 1. The van der Waals surface area contributed by atoms with Gasteiger partial charge in [0, 0.05) is 25.4 Å². The predicted octanol–water partition coefficient (Wildman–Crippen LogP) is 1.96. The third-order valence-electron chi connectivity index (χ3n) is 3.21. The molecule has 18 heavy (non-hydrogen) atoms. The number of imidazole rings is 1. The van der Waals surface area contributed by atoms with Crippen LogP contribution in [-0.2, 0) is 13.0 Å². The Labute approximate surface area is 108 Å². The summed E-state index contributed by atoms with van der Waals surface area (Å²) >= 11 is 0. The highest BCUT2D eigenvalue weighted by Gasteiger charge is 2.13. The van der Waals surface area contributed by atoms with Crippen molar-refractivity contribution in [2.75, 3.05) is 0 Å². The third kappa shape index (κ3) is 2.78. The number of rotatable bonds is 5. The van der Waals surface area contributed by atoms with Crippen molar-refractivity contribution in [3.8, 4) is 0 Å². The molecule has 1 aromatic heterocycles. The fourth-order valence-corrected chi connectivity index (χ4v) is 2.07. The minimum absolute atomic E-state index is 0.0956. The summed E-state index contributed by atoms with van der Waals surface area (Å²) in [5, 5.41) is 0. The van der Waals surface area contributed by atoms with E-state index in [1.54, 1.807) is 0 Å².